The van der Waals surface area contributed by atoms with Crippen molar-refractivity contribution in [2.24, 2.45) is 0 Å². The van der Waals surface area contributed by atoms with E-state index in [9.17, 15) is 8.42 Å². The second-order valence-electron chi connectivity index (χ2n) is 6.55. The fraction of sp³-hybridized carbons (Fsp3) is 0.150. The standard InChI is InChI=1S/C20H19ClN6O2S/c21-16-8-6-15(7-9-16)14-22-18-10-11-19-24-25-20(27(19)26-18)12-13-23-30(28,29)17-4-2-1-3-5-17/h1-11,23H,12-14H2,(H,22,26). The van der Waals surface area contributed by atoms with Gasteiger partial charge in [0.2, 0.25) is 10.0 Å². The summed E-state index contributed by atoms with van der Waals surface area (Å²) in [6.07, 6.45) is 0.348. The zero-order valence-corrected chi connectivity index (χ0v) is 17.4. The Hall–Kier alpha value is -3.01. The first-order chi connectivity index (χ1) is 14.5. The highest BCUT2D eigenvalue weighted by molar-refractivity contribution is 7.89. The van der Waals surface area contributed by atoms with E-state index >= 15 is 0 Å². The fourth-order valence-corrected chi connectivity index (χ4v) is 4.04. The summed E-state index contributed by atoms with van der Waals surface area (Å²) in [5.74, 6) is 1.22. The average molecular weight is 443 g/mol. The molecule has 0 saturated carbocycles. The van der Waals surface area contributed by atoms with Gasteiger partial charge in [0.1, 0.15) is 5.82 Å². The smallest absolute Gasteiger partial charge is 0.240 e. The van der Waals surface area contributed by atoms with Crippen LogP contribution in [0.4, 0.5) is 5.82 Å². The molecule has 0 bridgehead atoms. The van der Waals surface area contributed by atoms with Crippen molar-refractivity contribution in [2.45, 2.75) is 17.9 Å². The van der Waals surface area contributed by atoms with Crippen LogP contribution in [0.25, 0.3) is 5.65 Å². The molecule has 10 heteroatoms. The van der Waals surface area contributed by atoms with Crippen LogP contribution in [0.15, 0.2) is 71.6 Å². The minimum atomic E-state index is -3.57. The van der Waals surface area contributed by atoms with Crippen molar-refractivity contribution in [1.29, 1.82) is 0 Å². The molecule has 2 aromatic heterocycles. The van der Waals surface area contributed by atoms with E-state index < -0.39 is 10.0 Å². The van der Waals surface area contributed by atoms with Crippen LogP contribution in [0.1, 0.15) is 11.4 Å². The van der Waals surface area contributed by atoms with Crippen LogP contribution in [-0.4, -0.2) is 34.8 Å². The van der Waals surface area contributed by atoms with E-state index in [0.717, 1.165) is 5.56 Å². The van der Waals surface area contributed by atoms with Gasteiger partial charge in [0.15, 0.2) is 11.5 Å². The fourth-order valence-electron chi connectivity index (χ4n) is 2.86. The molecule has 0 atom stereocenters. The maximum Gasteiger partial charge on any atom is 0.240 e. The van der Waals surface area contributed by atoms with E-state index in [1.54, 1.807) is 34.8 Å². The van der Waals surface area contributed by atoms with E-state index in [2.05, 4.69) is 25.3 Å². The number of sulfonamides is 1. The van der Waals surface area contributed by atoms with Gasteiger partial charge in [-0.2, -0.15) is 4.52 Å². The minimum absolute atomic E-state index is 0.183. The molecular weight excluding hydrogens is 424 g/mol. The molecule has 2 aromatic carbocycles. The first-order valence-electron chi connectivity index (χ1n) is 9.26. The van der Waals surface area contributed by atoms with Crippen molar-refractivity contribution in [3.63, 3.8) is 0 Å². The SMILES string of the molecule is O=S(=O)(NCCc1nnc2ccc(NCc3ccc(Cl)cc3)nn12)c1ccccc1. The van der Waals surface area contributed by atoms with Gasteiger partial charge < -0.3 is 5.32 Å². The highest BCUT2D eigenvalue weighted by Crippen LogP contribution is 2.13. The third kappa shape index (κ3) is 4.76. The lowest BCUT2D eigenvalue weighted by Crippen LogP contribution is -2.26. The van der Waals surface area contributed by atoms with Crippen molar-refractivity contribution in [2.75, 3.05) is 11.9 Å². The Balaban J connectivity index is 1.42. The lowest BCUT2D eigenvalue weighted by atomic mass is 10.2. The number of nitrogens with zero attached hydrogens (tertiary/aromatic N) is 4. The summed E-state index contributed by atoms with van der Waals surface area (Å²) in [5, 5.41) is 16.7. The third-order valence-electron chi connectivity index (χ3n) is 4.41. The average Bonchev–Trinajstić information content (AvgIpc) is 3.16. The van der Waals surface area contributed by atoms with Gasteiger partial charge in [0.25, 0.3) is 0 Å². The summed E-state index contributed by atoms with van der Waals surface area (Å²) in [6, 6.07) is 19.4. The highest BCUT2D eigenvalue weighted by Gasteiger charge is 2.14. The van der Waals surface area contributed by atoms with Crippen LogP contribution in [0.3, 0.4) is 0 Å². The first kappa shape index (κ1) is 20.3. The zero-order valence-electron chi connectivity index (χ0n) is 15.9. The minimum Gasteiger partial charge on any atom is -0.365 e. The molecule has 0 radical (unpaired) electrons. The number of rotatable bonds is 8. The maximum absolute atomic E-state index is 12.3. The second kappa shape index (κ2) is 8.78. The topological polar surface area (TPSA) is 101 Å². The van der Waals surface area contributed by atoms with Crippen LogP contribution in [0.2, 0.25) is 5.02 Å². The Kier molecular flexibility index (Phi) is 5.93. The Morgan fingerprint density at radius 2 is 1.70 bits per heavy atom. The summed E-state index contributed by atoms with van der Waals surface area (Å²) in [4.78, 5) is 0.225. The normalized spacial score (nSPS) is 11.6. The van der Waals surface area contributed by atoms with Crippen molar-refractivity contribution < 1.29 is 8.42 Å². The summed E-state index contributed by atoms with van der Waals surface area (Å²) in [6.45, 7) is 0.770. The Morgan fingerprint density at radius 3 is 2.47 bits per heavy atom. The van der Waals surface area contributed by atoms with Gasteiger partial charge in [-0.05, 0) is 42.0 Å². The summed E-state index contributed by atoms with van der Waals surface area (Å²) >= 11 is 5.91. The molecule has 154 valence electrons. The second-order valence-corrected chi connectivity index (χ2v) is 8.75. The highest BCUT2D eigenvalue weighted by atomic mass is 35.5. The van der Waals surface area contributed by atoms with Crippen molar-refractivity contribution in [3.05, 3.63) is 83.1 Å². The van der Waals surface area contributed by atoms with Gasteiger partial charge in [-0.3, -0.25) is 0 Å². The van der Waals surface area contributed by atoms with E-state index in [4.69, 9.17) is 11.6 Å². The molecule has 8 nitrogen and oxygen atoms in total. The van der Waals surface area contributed by atoms with E-state index in [0.29, 0.717) is 35.3 Å². The molecular formula is C20H19ClN6O2S. The molecule has 0 aliphatic rings. The Labute approximate surface area is 179 Å². The van der Waals surface area contributed by atoms with Crippen molar-refractivity contribution in [3.8, 4) is 0 Å². The zero-order chi connectivity index (χ0) is 21.0. The number of anilines is 1. The number of hydrogen-bond donors (Lipinski definition) is 2. The van der Waals surface area contributed by atoms with Gasteiger partial charge >= 0.3 is 0 Å². The maximum atomic E-state index is 12.3. The largest absolute Gasteiger partial charge is 0.365 e. The number of aromatic nitrogens is 4. The van der Waals surface area contributed by atoms with E-state index in [-0.39, 0.29) is 11.4 Å². The number of hydrogen-bond acceptors (Lipinski definition) is 6. The van der Waals surface area contributed by atoms with E-state index in [1.807, 2.05) is 36.4 Å². The van der Waals surface area contributed by atoms with Crippen LogP contribution < -0.4 is 10.0 Å². The lowest BCUT2D eigenvalue weighted by Gasteiger charge is -2.07. The Bertz CT molecular complexity index is 1240. The summed E-state index contributed by atoms with van der Waals surface area (Å²) in [7, 11) is -3.57. The summed E-state index contributed by atoms with van der Waals surface area (Å²) in [5.41, 5.74) is 1.66. The van der Waals surface area contributed by atoms with Crippen molar-refractivity contribution >= 4 is 33.1 Å². The number of halogens is 1. The Morgan fingerprint density at radius 1 is 0.933 bits per heavy atom. The third-order valence-corrected chi connectivity index (χ3v) is 6.14. The van der Waals surface area contributed by atoms with Crippen molar-refractivity contribution in [1.82, 2.24) is 24.5 Å². The molecule has 0 aliphatic heterocycles. The molecule has 0 unspecified atom stereocenters. The molecule has 0 saturated heterocycles. The van der Waals surface area contributed by atoms with Crippen LogP contribution >= 0.6 is 11.6 Å². The number of benzene rings is 2. The van der Waals surface area contributed by atoms with Gasteiger partial charge in [-0.1, -0.05) is 41.9 Å². The van der Waals surface area contributed by atoms with E-state index in [1.165, 1.54) is 0 Å². The summed E-state index contributed by atoms with van der Waals surface area (Å²) < 4.78 is 28.9. The van der Waals surface area contributed by atoms with Crippen LogP contribution in [-0.2, 0) is 23.0 Å². The van der Waals surface area contributed by atoms with Gasteiger partial charge in [-0.15, -0.1) is 15.3 Å². The molecule has 30 heavy (non-hydrogen) atoms. The van der Waals surface area contributed by atoms with Gasteiger partial charge in [-0.25, -0.2) is 13.1 Å². The van der Waals surface area contributed by atoms with Crippen LogP contribution in [0.5, 0.6) is 0 Å². The predicted molar refractivity (Wildman–Crippen MR) is 115 cm³/mol. The van der Waals surface area contributed by atoms with Gasteiger partial charge in [0, 0.05) is 24.5 Å². The number of fused-ring (bicyclic) bond motifs is 1. The molecule has 0 aliphatic carbocycles. The molecule has 0 amide bonds. The quantitative estimate of drug-likeness (QED) is 0.435. The van der Waals surface area contributed by atoms with Crippen LogP contribution in [0, 0.1) is 0 Å². The molecule has 4 aromatic rings. The molecule has 2 heterocycles. The number of nitrogens with one attached hydrogen (secondary N) is 2. The molecule has 2 N–H and O–H groups in total. The monoisotopic (exact) mass is 442 g/mol. The first-order valence-corrected chi connectivity index (χ1v) is 11.1. The molecule has 0 spiro atoms. The lowest BCUT2D eigenvalue weighted by molar-refractivity contribution is 0.580. The molecule has 4 rings (SSSR count). The predicted octanol–water partition coefficient (Wildman–Crippen LogP) is 2.91. The van der Waals surface area contributed by atoms with Gasteiger partial charge in [0.05, 0.1) is 4.90 Å². The molecule has 0 fully saturated rings.